The lowest BCUT2D eigenvalue weighted by atomic mass is 9.95. The number of rotatable bonds is 5. The van der Waals surface area contributed by atoms with Gasteiger partial charge in [0.2, 0.25) is 12.5 Å². The third-order valence-electron chi connectivity index (χ3n) is 6.56. The molecule has 0 amide bonds. The van der Waals surface area contributed by atoms with E-state index in [1.165, 1.54) is 16.8 Å². The van der Waals surface area contributed by atoms with Crippen molar-refractivity contribution in [1.29, 1.82) is 0 Å². The van der Waals surface area contributed by atoms with Crippen LogP contribution in [0.5, 0.6) is 17.2 Å². The summed E-state index contributed by atoms with van der Waals surface area (Å²) in [5, 5.41) is 7.18. The van der Waals surface area contributed by atoms with Crippen molar-refractivity contribution in [2.75, 3.05) is 25.8 Å². The molecule has 3 heterocycles. The SMILES string of the molecule is COc1ccc2cc3[n+](cc2c1NCCc1ccc(Cl)cc1Cl)CCc1cc2c(cc1-3)OCO2. The number of ether oxygens (including phenoxy) is 3. The molecule has 0 fully saturated rings. The summed E-state index contributed by atoms with van der Waals surface area (Å²) in [6.07, 6.45) is 3.93. The van der Waals surface area contributed by atoms with Crippen LogP contribution >= 0.6 is 23.2 Å². The molecule has 0 saturated heterocycles. The smallest absolute Gasteiger partial charge is 0.231 e. The highest BCUT2D eigenvalue weighted by molar-refractivity contribution is 6.35. The van der Waals surface area contributed by atoms with Crippen molar-refractivity contribution < 1.29 is 18.8 Å². The van der Waals surface area contributed by atoms with Crippen LogP contribution in [-0.4, -0.2) is 20.4 Å². The minimum atomic E-state index is 0.284. The van der Waals surface area contributed by atoms with Gasteiger partial charge in [0.05, 0.1) is 23.7 Å². The maximum absolute atomic E-state index is 6.36. The second kappa shape index (κ2) is 8.57. The average Bonchev–Trinajstić information content (AvgIpc) is 3.30. The van der Waals surface area contributed by atoms with Gasteiger partial charge in [-0.3, -0.25) is 0 Å². The van der Waals surface area contributed by atoms with E-state index in [0.29, 0.717) is 16.6 Å². The number of fused-ring (bicyclic) bond motifs is 5. The van der Waals surface area contributed by atoms with Crippen LogP contribution in [0.1, 0.15) is 11.1 Å². The molecule has 0 aliphatic carbocycles. The predicted molar refractivity (Wildman–Crippen MR) is 135 cm³/mol. The average molecular weight is 494 g/mol. The maximum atomic E-state index is 6.36. The Kier molecular flexibility index (Phi) is 5.39. The zero-order chi connectivity index (χ0) is 23.2. The molecule has 4 aromatic rings. The number of aryl methyl sites for hydroxylation is 2. The molecule has 3 aromatic carbocycles. The predicted octanol–water partition coefficient (Wildman–Crippen LogP) is 6.05. The molecule has 0 spiro atoms. The molecule has 0 saturated carbocycles. The number of hydrogen-bond acceptors (Lipinski definition) is 4. The first-order chi connectivity index (χ1) is 16.6. The van der Waals surface area contributed by atoms with E-state index in [4.69, 9.17) is 37.4 Å². The van der Waals surface area contributed by atoms with Crippen LogP contribution in [0.4, 0.5) is 5.69 Å². The summed E-state index contributed by atoms with van der Waals surface area (Å²) in [6.45, 7) is 1.89. The van der Waals surface area contributed by atoms with Gasteiger partial charge >= 0.3 is 0 Å². The van der Waals surface area contributed by atoms with Crippen LogP contribution in [-0.2, 0) is 19.4 Å². The number of methoxy groups -OCH3 is 1. The first-order valence-corrected chi connectivity index (χ1v) is 12.0. The molecule has 172 valence electrons. The largest absolute Gasteiger partial charge is 0.495 e. The molecular formula is C27H23Cl2N2O3+. The van der Waals surface area contributed by atoms with E-state index in [9.17, 15) is 0 Å². The van der Waals surface area contributed by atoms with Gasteiger partial charge in [-0.2, -0.15) is 4.57 Å². The van der Waals surface area contributed by atoms with Crippen LogP contribution in [0.3, 0.4) is 0 Å². The van der Waals surface area contributed by atoms with Crippen molar-refractivity contribution in [3.05, 3.63) is 75.9 Å². The Morgan fingerprint density at radius 3 is 2.71 bits per heavy atom. The van der Waals surface area contributed by atoms with E-state index in [0.717, 1.165) is 58.7 Å². The summed E-state index contributed by atoms with van der Waals surface area (Å²) in [5.74, 6) is 2.46. The summed E-state index contributed by atoms with van der Waals surface area (Å²) < 4.78 is 19.2. The lowest BCUT2D eigenvalue weighted by molar-refractivity contribution is -0.686. The fourth-order valence-electron chi connectivity index (χ4n) is 4.82. The van der Waals surface area contributed by atoms with Gasteiger partial charge in [0.25, 0.3) is 0 Å². The molecule has 0 unspecified atom stereocenters. The van der Waals surface area contributed by atoms with Crippen LogP contribution in [0.15, 0.2) is 54.7 Å². The van der Waals surface area contributed by atoms with Gasteiger partial charge in [0, 0.05) is 29.1 Å². The highest BCUT2D eigenvalue weighted by Crippen LogP contribution is 2.41. The number of halogens is 2. The molecule has 0 radical (unpaired) electrons. The Hall–Kier alpha value is -3.15. The topological polar surface area (TPSA) is 43.6 Å². The minimum absolute atomic E-state index is 0.284. The molecule has 0 atom stereocenters. The van der Waals surface area contributed by atoms with Crippen LogP contribution in [0.2, 0.25) is 10.0 Å². The molecule has 0 bridgehead atoms. The molecule has 5 nitrogen and oxygen atoms in total. The van der Waals surface area contributed by atoms with Crippen molar-refractivity contribution in [2.24, 2.45) is 0 Å². The Balaban J connectivity index is 1.36. The van der Waals surface area contributed by atoms with Crippen molar-refractivity contribution in [3.63, 3.8) is 0 Å². The second-order valence-electron chi connectivity index (χ2n) is 8.52. The van der Waals surface area contributed by atoms with E-state index in [2.05, 4.69) is 40.3 Å². The lowest BCUT2D eigenvalue weighted by Crippen LogP contribution is -2.40. The van der Waals surface area contributed by atoms with E-state index < -0.39 is 0 Å². The fraction of sp³-hybridized carbons (Fsp3) is 0.222. The van der Waals surface area contributed by atoms with E-state index in [-0.39, 0.29) is 6.79 Å². The van der Waals surface area contributed by atoms with Gasteiger partial charge in [-0.1, -0.05) is 35.3 Å². The zero-order valence-electron chi connectivity index (χ0n) is 18.7. The van der Waals surface area contributed by atoms with E-state index in [1.54, 1.807) is 13.2 Å². The van der Waals surface area contributed by atoms with Crippen LogP contribution < -0.4 is 24.1 Å². The van der Waals surface area contributed by atoms with Gasteiger partial charge in [-0.05, 0) is 53.3 Å². The molecule has 34 heavy (non-hydrogen) atoms. The standard InChI is InChI=1S/C27H22Cl2N2O3/c1-32-24-5-3-17-10-23-20-13-26-25(33-15-34-26)11-18(20)7-9-31(23)14-21(17)27(24)30-8-6-16-2-4-19(28)12-22(16)29/h2-5,10-14H,6-9,15H2,1H3/p+1. The number of pyridine rings is 1. The second-order valence-corrected chi connectivity index (χ2v) is 9.37. The summed E-state index contributed by atoms with van der Waals surface area (Å²) >= 11 is 12.4. The Labute approximate surface area is 207 Å². The van der Waals surface area contributed by atoms with Gasteiger partial charge in [0.1, 0.15) is 5.75 Å². The molecule has 1 N–H and O–H groups in total. The van der Waals surface area contributed by atoms with E-state index >= 15 is 0 Å². The monoisotopic (exact) mass is 493 g/mol. The number of nitrogens with one attached hydrogen (secondary N) is 1. The molecular weight excluding hydrogens is 471 g/mol. The number of nitrogens with zero attached hydrogens (tertiary/aromatic N) is 1. The minimum Gasteiger partial charge on any atom is -0.495 e. The number of benzene rings is 3. The normalized spacial score (nSPS) is 13.5. The van der Waals surface area contributed by atoms with Gasteiger partial charge in [0.15, 0.2) is 24.2 Å². The third kappa shape index (κ3) is 3.69. The van der Waals surface area contributed by atoms with Crippen molar-refractivity contribution in [1.82, 2.24) is 0 Å². The Morgan fingerprint density at radius 2 is 1.88 bits per heavy atom. The highest BCUT2D eigenvalue weighted by Gasteiger charge is 2.28. The quantitative estimate of drug-likeness (QED) is 0.343. The summed E-state index contributed by atoms with van der Waals surface area (Å²) in [6, 6.07) is 16.2. The number of hydrogen-bond donors (Lipinski definition) is 1. The first kappa shape index (κ1) is 21.4. The first-order valence-electron chi connectivity index (χ1n) is 11.3. The van der Waals surface area contributed by atoms with E-state index in [1.807, 2.05) is 18.2 Å². The summed E-state index contributed by atoms with van der Waals surface area (Å²) in [7, 11) is 1.70. The Morgan fingerprint density at radius 1 is 1.03 bits per heavy atom. The van der Waals surface area contributed by atoms with Gasteiger partial charge in [-0.15, -0.1) is 0 Å². The molecule has 2 aliphatic rings. The fourth-order valence-corrected chi connectivity index (χ4v) is 5.33. The zero-order valence-corrected chi connectivity index (χ0v) is 20.2. The van der Waals surface area contributed by atoms with Gasteiger partial charge in [-0.25, -0.2) is 0 Å². The van der Waals surface area contributed by atoms with Crippen LogP contribution in [0.25, 0.3) is 22.0 Å². The van der Waals surface area contributed by atoms with Crippen LogP contribution in [0, 0.1) is 0 Å². The van der Waals surface area contributed by atoms with Gasteiger partial charge < -0.3 is 19.5 Å². The molecule has 1 aromatic heterocycles. The molecule has 7 heteroatoms. The number of anilines is 1. The highest BCUT2D eigenvalue weighted by atomic mass is 35.5. The van der Waals surface area contributed by atoms with Crippen molar-refractivity contribution in [2.45, 2.75) is 19.4 Å². The van der Waals surface area contributed by atoms with Crippen molar-refractivity contribution in [3.8, 4) is 28.5 Å². The summed E-state index contributed by atoms with van der Waals surface area (Å²) in [4.78, 5) is 0. The third-order valence-corrected chi connectivity index (χ3v) is 7.14. The molecule has 2 aliphatic heterocycles. The number of aromatic nitrogens is 1. The lowest BCUT2D eigenvalue weighted by Gasteiger charge is -2.18. The Bertz CT molecular complexity index is 1440. The molecule has 6 rings (SSSR count). The van der Waals surface area contributed by atoms with Crippen molar-refractivity contribution >= 4 is 39.7 Å². The summed E-state index contributed by atoms with van der Waals surface area (Å²) in [5.41, 5.74) is 5.70. The maximum Gasteiger partial charge on any atom is 0.231 e.